The zero-order chi connectivity index (χ0) is 22.0. The molecule has 1 aliphatic rings. The predicted octanol–water partition coefficient (Wildman–Crippen LogP) is 0.591. The molecule has 1 aromatic carbocycles. The molecule has 2 amide bonds. The van der Waals surface area contributed by atoms with Gasteiger partial charge >= 0.3 is 0 Å². The maximum atomic E-state index is 13.0. The van der Waals surface area contributed by atoms with Crippen molar-refractivity contribution < 1.29 is 27.5 Å². The highest BCUT2D eigenvalue weighted by atomic mass is 32.2. The number of nitrogens with zero attached hydrogens (tertiary/aromatic N) is 2. The first-order valence-corrected chi connectivity index (χ1v) is 11.0. The second-order valence-corrected chi connectivity index (χ2v) is 9.58. The quantitative estimate of drug-likeness (QED) is 0.683. The van der Waals surface area contributed by atoms with E-state index in [1.54, 1.807) is 39.0 Å². The molecule has 0 spiro atoms. The third kappa shape index (κ3) is 4.99. The van der Waals surface area contributed by atoms with Crippen molar-refractivity contribution in [2.24, 2.45) is 0 Å². The van der Waals surface area contributed by atoms with Crippen molar-refractivity contribution in [2.75, 3.05) is 33.6 Å². The lowest BCUT2D eigenvalue weighted by atomic mass is 9.94. The average Bonchev–Trinajstić information content (AvgIpc) is 2.62. The molecule has 0 radical (unpaired) electrons. The van der Waals surface area contributed by atoms with Gasteiger partial charge in [-0.3, -0.25) is 9.59 Å². The maximum absolute atomic E-state index is 13.0. The molecule has 0 aromatic heterocycles. The second-order valence-electron chi connectivity index (χ2n) is 7.60. The van der Waals surface area contributed by atoms with Crippen LogP contribution in [0.5, 0.6) is 11.5 Å². The predicted molar refractivity (Wildman–Crippen MR) is 108 cm³/mol. The molecule has 29 heavy (non-hydrogen) atoms. The number of nitrogens with one attached hydrogen (secondary N) is 1. The van der Waals surface area contributed by atoms with Crippen molar-refractivity contribution in [1.29, 1.82) is 0 Å². The van der Waals surface area contributed by atoms with Crippen molar-refractivity contribution in [3.05, 3.63) is 23.8 Å². The molecule has 1 fully saturated rings. The number of methoxy groups -OCH3 is 2. The van der Waals surface area contributed by atoms with E-state index in [0.29, 0.717) is 11.5 Å². The summed E-state index contributed by atoms with van der Waals surface area (Å²) in [6.45, 7) is 4.89. The van der Waals surface area contributed by atoms with Crippen LogP contribution in [0.3, 0.4) is 0 Å². The summed E-state index contributed by atoms with van der Waals surface area (Å²) in [4.78, 5) is 27.3. The van der Waals surface area contributed by atoms with E-state index in [1.807, 2.05) is 0 Å². The van der Waals surface area contributed by atoms with Crippen LogP contribution in [-0.4, -0.2) is 74.6 Å². The van der Waals surface area contributed by atoms with E-state index >= 15 is 0 Å². The first-order valence-electron chi connectivity index (χ1n) is 9.20. The van der Waals surface area contributed by atoms with E-state index < -0.39 is 27.4 Å². The molecule has 1 heterocycles. The Kier molecular flexibility index (Phi) is 6.79. The Morgan fingerprint density at radius 3 is 2.38 bits per heavy atom. The van der Waals surface area contributed by atoms with Gasteiger partial charge in [-0.1, -0.05) is 6.07 Å². The summed E-state index contributed by atoms with van der Waals surface area (Å²) < 4.78 is 35.7. The number of carbonyl (C=O) groups excluding carboxylic acids is 2. The molecule has 9 nitrogen and oxygen atoms in total. The molecule has 1 unspecified atom stereocenters. The zero-order valence-electron chi connectivity index (χ0n) is 17.7. The van der Waals surface area contributed by atoms with Crippen molar-refractivity contribution in [3.8, 4) is 11.5 Å². The van der Waals surface area contributed by atoms with Crippen LogP contribution in [0, 0.1) is 0 Å². The fourth-order valence-corrected chi connectivity index (χ4v) is 4.10. The van der Waals surface area contributed by atoms with Gasteiger partial charge < -0.3 is 19.7 Å². The minimum absolute atomic E-state index is 0.122. The fraction of sp³-hybridized carbons (Fsp3) is 0.579. The van der Waals surface area contributed by atoms with E-state index in [2.05, 4.69) is 5.32 Å². The van der Waals surface area contributed by atoms with Crippen LogP contribution in [0.15, 0.2) is 18.2 Å². The number of hydrogen-bond acceptors (Lipinski definition) is 6. The van der Waals surface area contributed by atoms with Crippen LogP contribution in [-0.2, 0) is 26.2 Å². The molecule has 0 aliphatic carbocycles. The second kappa shape index (κ2) is 8.58. The summed E-state index contributed by atoms with van der Waals surface area (Å²) in [6, 6.07) is 5.07. The highest BCUT2D eigenvalue weighted by Gasteiger charge is 2.49. The lowest BCUT2D eigenvalue weighted by Gasteiger charge is -2.46. The molecule has 1 aromatic rings. The van der Waals surface area contributed by atoms with Gasteiger partial charge in [0.25, 0.3) is 0 Å². The molecule has 0 bridgehead atoms. The number of sulfonamides is 1. The smallest absolute Gasteiger partial charge is 0.247 e. The Hall–Kier alpha value is -2.33. The number of hydrogen-bond donors (Lipinski definition) is 1. The Morgan fingerprint density at radius 2 is 1.86 bits per heavy atom. The van der Waals surface area contributed by atoms with Gasteiger partial charge in [0.15, 0.2) is 11.5 Å². The van der Waals surface area contributed by atoms with Crippen LogP contribution in [0.2, 0.25) is 0 Å². The molecule has 2 rings (SSSR count). The highest BCUT2D eigenvalue weighted by molar-refractivity contribution is 7.88. The van der Waals surface area contributed by atoms with Gasteiger partial charge in [0, 0.05) is 19.1 Å². The zero-order valence-corrected chi connectivity index (χ0v) is 18.5. The number of ether oxygens (including phenoxy) is 2. The largest absolute Gasteiger partial charge is 0.493 e. The number of rotatable bonds is 7. The van der Waals surface area contributed by atoms with Crippen LogP contribution >= 0.6 is 0 Å². The first-order chi connectivity index (χ1) is 13.4. The van der Waals surface area contributed by atoms with Crippen LogP contribution in [0.1, 0.15) is 26.3 Å². The number of piperazine rings is 1. The first kappa shape index (κ1) is 23.0. The SMILES string of the molecule is COc1ccc(CN2C(=O)CN(S(C)(=O)=O)CC2(C)C(=O)NC(C)C)cc1OC. The number of carbonyl (C=O) groups is 2. The van der Waals surface area contributed by atoms with E-state index in [4.69, 9.17) is 9.47 Å². The van der Waals surface area contributed by atoms with E-state index in [0.717, 1.165) is 16.1 Å². The van der Waals surface area contributed by atoms with Crippen LogP contribution in [0.4, 0.5) is 0 Å². The molecule has 1 aliphatic heterocycles. The molecular weight excluding hydrogens is 398 g/mol. The van der Waals surface area contributed by atoms with Gasteiger partial charge in [-0.05, 0) is 38.5 Å². The maximum Gasteiger partial charge on any atom is 0.247 e. The molecule has 1 saturated heterocycles. The third-order valence-electron chi connectivity index (χ3n) is 4.86. The van der Waals surface area contributed by atoms with Gasteiger partial charge in [0.05, 0.1) is 27.0 Å². The summed E-state index contributed by atoms with van der Waals surface area (Å²) in [5.41, 5.74) is -0.636. The van der Waals surface area contributed by atoms with Crippen LogP contribution < -0.4 is 14.8 Å². The molecule has 0 saturated carbocycles. The Labute approximate surface area is 172 Å². The van der Waals surface area contributed by atoms with Gasteiger partial charge in [-0.2, -0.15) is 4.31 Å². The van der Waals surface area contributed by atoms with Gasteiger partial charge in [-0.25, -0.2) is 8.42 Å². The topological polar surface area (TPSA) is 105 Å². The lowest BCUT2D eigenvalue weighted by Crippen LogP contribution is -2.69. The standard InChI is InChI=1S/C19H29N3O6S/c1-13(2)20-18(24)19(3)12-21(29(6,25)26)11-17(23)22(19)10-14-7-8-15(27-4)16(9-14)28-5/h7-9,13H,10-12H2,1-6H3,(H,20,24). The Bertz CT molecular complexity index is 886. The number of benzene rings is 1. The molecule has 162 valence electrons. The van der Waals surface area contributed by atoms with Crippen molar-refractivity contribution >= 4 is 21.8 Å². The summed E-state index contributed by atoms with van der Waals surface area (Å²) in [6.07, 6.45) is 1.03. The van der Waals surface area contributed by atoms with Crippen molar-refractivity contribution in [2.45, 2.75) is 38.9 Å². The van der Waals surface area contributed by atoms with Crippen molar-refractivity contribution in [3.63, 3.8) is 0 Å². The minimum atomic E-state index is -3.64. The monoisotopic (exact) mass is 427 g/mol. The third-order valence-corrected chi connectivity index (χ3v) is 6.06. The van der Waals surface area contributed by atoms with E-state index in [9.17, 15) is 18.0 Å². The fourth-order valence-electron chi connectivity index (χ4n) is 3.27. The summed E-state index contributed by atoms with van der Waals surface area (Å²) in [5.74, 6) is 0.192. The minimum Gasteiger partial charge on any atom is -0.493 e. The van der Waals surface area contributed by atoms with Gasteiger partial charge in [-0.15, -0.1) is 0 Å². The highest BCUT2D eigenvalue weighted by Crippen LogP contribution is 2.31. The van der Waals surface area contributed by atoms with E-state index in [1.165, 1.54) is 19.1 Å². The molecule has 10 heteroatoms. The van der Waals surface area contributed by atoms with Crippen molar-refractivity contribution in [1.82, 2.24) is 14.5 Å². The Morgan fingerprint density at radius 1 is 1.24 bits per heavy atom. The molecular formula is C19H29N3O6S. The van der Waals surface area contributed by atoms with Gasteiger partial charge in [0.1, 0.15) is 5.54 Å². The Balaban J connectivity index is 2.43. The average molecular weight is 428 g/mol. The normalized spacial score (nSPS) is 20.7. The van der Waals surface area contributed by atoms with Crippen LogP contribution in [0.25, 0.3) is 0 Å². The van der Waals surface area contributed by atoms with Gasteiger partial charge in [0.2, 0.25) is 21.8 Å². The summed E-state index contributed by atoms with van der Waals surface area (Å²) >= 11 is 0. The summed E-state index contributed by atoms with van der Waals surface area (Å²) in [7, 11) is -0.600. The summed E-state index contributed by atoms with van der Waals surface area (Å²) in [5, 5.41) is 2.80. The molecule has 1 atom stereocenters. The lowest BCUT2D eigenvalue weighted by molar-refractivity contribution is -0.153. The molecule has 1 N–H and O–H groups in total. The van der Waals surface area contributed by atoms with E-state index in [-0.39, 0.29) is 25.7 Å². The number of amides is 2.